The van der Waals surface area contributed by atoms with Gasteiger partial charge in [0.25, 0.3) is 10.2 Å². The second-order valence-electron chi connectivity index (χ2n) is 5.67. The maximum Gasteiger partial charge on any atom is 0.279 e. The van der Waals surface area contributed by atoms with Crippen LogP contribution in [0.2, 0.25) is 0 Å². The van der Waals surface area contributed by atoms with Gasteiger partial charge in [-0.1, -0.05) is 6.92 Å². The van der Waals surface area contributed by atoms with Crippen molar-refractivity contribution in [2.75, 3.05) is 39.3 Å². The first-order valence-electron chi connectivity index (χ1n) is 7.05. The van der Waals surface area contributed by atoms with E-state index in [9.17, 15) is 8.42 Å². The van der Waals surface area contributed by atoms with Crippen LogP contribution in [0.1, 0.15) is 27.2 Å². The highest BCUT2D eigenvalue weighted by Crippen LogP contribution is 2.09. The molecule has 1 saturated heterocycles. The molecule has 0 bridgehead atoms. The van der Waals surface area contributed by atoms with Gasteiger partial charge in [-0.2, -0.15) is 17.4 Å². The third kappa shape index (κ3) is 5.74. The number of rotatable bonds is 6. The third-order valence-corrected chi connectivity index (χ3v) is 5.06. The molecule has 1 unspecified atom stereocenters. The first-order valence-corrected chi connectivity index (χ1v) is 8.49. The quantitative estimate of drug-likeness (QED) is 0.712. The fourth-order valence-electron chi connectivity index (χ4n) is 2.26. The van der Waals surface area contributed by atoms with Crippen molar-refractivity contribution in [1.82, 2.24) is 13.9 Å². The molecule has 0 radical (unpaired) electrons. The van der Waals surface area contributed by atoms with E-state index in [-0.39, 0.29) is 6.04 Å². The molecule has 1 heterocycles. The van der Waals surface area contributed by atoms with Gasteiger partial charge in [0.2, 0.25) is 0 Å². The molecule has 0 saturated carbocycles. The summed E-state index contributed by atoms with van der Waals surface area (Å²) in [6.45, 7) is 10.3. The van der Waals surface area contributed by atoms with Gasteiger partial charge in [0.1, 0.15) is 0 Å². The van der Waals surface area contributed by atoms with Gasteiger partial charge in [-0.25, -0.2) is 0 Å². The number of hydrogen-bond acceptors (Lipinski definition) is 4. The van der Waals surface area contributed by atoms with Crippen molar-refractivity contribution in [3.8, 4) is 0 Å². The van der Waals surface area contributed by atoms with E-state index in [2.05, 4.69) is 16.5 Å². The van der Waals surface area contributed by atoms with E-state index in [1.165, 1.54) is 0 Å². The fourth-order valence-corrected chi connectivity index (χ4v) is 3.69. The van der Waals surface area contributed by atoms with E-state index in [1.807, 2.05) is 13.8 Å². The van der Waals surface area contributed by atoms with Crippen molar-refractivity contribution in [2.24, 2.45) is 11.7 Å². The summed E-state index contributed by atoms with van der Waals surface area (Å²) < 4.78 is 28.4. The zero-order valence-corrected chi connectivity index (χ0v) is 13.1. The summed E-state index contributed by atoms with van der Waals surface area (Å²) in [4.78, 5) is 2.31. The summed E-state index contributed by atoms with van der Waals surface area (Å²) in [5.74, 6) is 0.456. The number of nitrogens with two attached hydrogens (primary N) is 1. The molecule has 19 heavy (non-hydrogen) atoms. The summed E-state index contributed by atoms with van der Waals surface area (Å²) in [5, 5.41) is 0. The van der Waals surface area contributed by atoms with Gasteiger partial charge in [0.05, 0.1) is 0 Å². The van der Waals surface area contributed by atoms with E-state index in [1.54, 1.807) is 4.31 Å². The smallest absolute Gasteiger partial charge is 0.279 e. The maximum absolute atomic E-state index is 12.1. The molecule has 0 amide bonds. The zero-order chi connectivity index (χ0) is 14.5. The molecule has 0 aromatic heterocycles. The molecule has 1 rings (SSSR count). The molecule has 3 N–H and O–H groups in total. The highest BCUT2D eigenvalue weighted by molar-refractivity contribution is 7.87. The van der Waals surface area contributed by atoms with Crippen molar-refractivity contribution in [3.05, 3.63) is 0 Å². The average molecular weight is 292 g/mol. The molecule has 0 aliphatic carbocycles. The van der Waals surface area contributed by atoms with Crippen LogP contribution in [0.4, 0.5) is 0 Å². The van der Waals surface area contributed by atoms with Crippen LogP contribution in [0.3, 0.4) is 0 Å². The molecule has 114 valence electrons. The Morgan fingerprint density at radius 2 is 1.84 bits per heavy atom. The van der Waals surface area contributed by atoms with Gasteiger partial charge in [0, 0.05) is 32.2 Å². The Kier molecular flexibility index (Phi) is 6.68. The van der Waals surface area contributed by atoms with Gasteiger partial charge in [0.15, 0.2) is 0 Å². The lowest BCUT2D eigenvalue weighted by Gasteiger charge is -2.24. The first kappa shape index (κ1) is 16.8. The molecule has 1 atom stereocenters. The Morgan fingerprint density at radius 1 is 1.16 bits per heavy atom. The van der Waals surface area contributed by atoms with Crippen LogP contribution < -0.4 is 10.5 Å². The summed E-state index contributed by atoms with van der Waals surface area (Å²) in [5.41, 5.74) is 5.64. The predicted molar refractivity (Wildman–Crippen MR) is 78.0 cm³/mol. The molecule has 1 aliphatic heterocycles. The van der Waals surface area contributed by atoms with Crippen LogP contribution in [0.25, 0.3) is 0 Å². The van der Waals surface area contributed by atoms with Crippen LogP contribution in [0, 0.1) is 5.92 Å². The van der Waals surface area contributed by atoms with Crippen LogP contribution in [-0.2, 0) is 10.2 Å². The van der Waals surface area contributed by atoms with Gasteiger partial charge in [-0.05, 0) is 39.3 Å². The summed E-state index contributed by atoms with van der Waals surface area (Å²) in [6, 6.07) is -0.0679. The van der Waals surface area contributed by atoms with Gasteiger partial charge in [-0.3, -0.25) is 0 Å². The molecule has 7 heteroatoms. The largest absolute Gasteiger partial charge is 0.330 e. The monoisotopic (exact) mass is 292 g/mol. The van der Waals surface area contributed by atoms with E-state index in [4.69, 9.17) is 5.73 Å². The predicted octanol–water partition coefficient (Wildman–Crippen LogP) is -0.168. The van der Waals surface area contributed by atoms with E-state index >= 15 is 0 Å². The molecule has 0 spiro atoms. The van der Waals surface area contributed by atoms with Crippen LogP contribution in [0.5, 0.6) is 0 Å². The number of hydrogen-bond donors (Lipinski definition) is 2. The second kappa shape index (κ2) is 7.54. The fraction of sp³-hybridized carbons (Fsp3) is 1.00. The normalized spacial score (nSPS) is 21.5. The van der Waals surface area contributed by atoms with E-state index in [0.29, 0.717) is 25.6 Å². The molecule has 0 aromatic rings. The van der Waals surface area contributed by atoms with E-state index < -0.39 is 10.2 Å². The minimum atomic E-state index is -3.33. The summed E-state index contributed by atoms with van der Waals surface area (Å²) in [6.07, 6.45) is 0.871. The molecule has 6 nitrogen and oxygen atoms in total. The van der Waals surface area contributed by atoms with Crippen molar-refractivity contribution in [1.29, 1.82) is 0 Å². The standard InChI is InChI=1S/C12H28N4O2S/c1-11(2)14-19(17,18)16-6-4-5-15(7-8-16)10-12(3)9-13/h11-12,14H,4-10,13H2,1-3H3. The topological polar surface area (TPSA) is 78.7 Å². The van der Waals surface area contributed by atoms with Crippen molar-refractivity contribution in [3.63, 3.8) is 0 Å². The minimum Gasteiger partial charge on any atom is -0.330 e. The summed E-state index contributed by atoms with van der Waals surface area (Å²) in [7, 11) is -3.33. The maximum atomic E-state index is 12.1. The van der Waals surface area contributed by atoms with Crippen LogP contribution in [-0.4, -0.2) is 62.9 Å². The minimum absolute atomic E-state index is 0.0679. The van der Waals surface area contributed by atoms with Crippen molar-refractivity contribution < 1.29 is 8.42 Å². The highest BCUT2D eigenvalue weighted by Gasteiger charge is 2.25. The number of nitrogens with one attached hydrogen (secondary N) is 1. The highest BCUT2D eigenvalue weighted by atomic mass is 32.2. The Morgan fingerprint density at radius 3 is 2.42 bits per heavy atom. The SMILES string of the molecule is CC(CN)CN1CCCN(S(=O)(=O)NC(C)C)CC1. The zero-order valence-electron chi connectivity index (χ0n) is 12.3. The average Bonchev–Trinajstić information content (AvgIpc) is 2.53. The molecular weight excluding hydrogens is 264 g/mol. The van der Waals surface area contributed by atoms with Gasteiger partial charge < -0.3 is 10.6 Å². The molecule has 1 fully saturated rings. The van der Waals surface area contributed by atoms with Gasteiger partial charge in [-0.15, -0.1) is 0 Å². The van der Waals surface area contributed by atoms with E-state index in [0.717, 1.165) is 26.1 Å². The lowest BCUT2D eigenvalue weighted by atomic mass is 10.1. The van der Waals surface area contributed by atoms with Crippen LogP contribution >= 0.6 is 0 Å². The Balaban J connectivity index is 2.54. The Bertz CT molecular complexity index is 359. The Labute approximate surface area is 117 Å². The van der Waals surface area contributed by atoms with Gasteiger partial charge >= 0.3 is 0 Å². The number of nitrogens with zero attached hydrogens (tertiary/aromatic N) is 2. The lowest BCUT2D eigenvalue weighted by Crippen LogP contribution is -2.45. The third-order valence-electron chi connectivity index (χ3n) is 3.24. The summed E-state index contributed by atoms with van der Waals surface area (Å²) >= 11 is 0. The molecular formula is C12H28N4O2S. The first-order chi connectivity index (χ1) is 8.85. The van der Waals surface area contributed by atoms with Crippen LogP contribution in [0.15, 0.2) is 0 Å². The molecule has 1 aliphatic rings. The second-order valence-corrected chi connectivity index (χ2v) is 7.37. The lowest BCUT2D eigenvalue weighted by molar-refractivity contribution is 0.250. The molecule has 0 aromatic carbocycles. The van der Waals surface area contributed by atoms with Crippen molar-refractivity contribution in [2.45, 2.75) is 33.2 Å². The Hall–Kier alpha value is -0.210. The van der Waals surface area contributed by atoms with Crippen molar-refractivity contribution >= 4 is 10.2 Å².